The Kier molecular flexibility index (Phi) is 3.66. The van der Waals surface area contributed by atoms with Crippen LogP contribution in [0.4, 0.5) is 0 Å². The Hall–Kier alpha value is -0.870. The molecule has 0 radical (unpaired) electrons. The van der Waals surface area contributed by atoms with Crippen molar-refractivity contribution in [3.63, 3.8) is 0 Å². The lowest BCUT2D eigenvalue weighted by Gasteiger charge is -2.23. The van der Waals surface area contributed by atoms with E-state index < -0.39 is 0 Å². The maximum Gasteiger partial charge on any atom is 0.0686 e. The minimum Gasteiger partial charge on any atom is -0.381 e. The minimum absolute atomic E-state index is 0.627. The first-order chi connectivity index (χ1) is 8.86. The molecule has 2 fully saturated rings. The van der Waals surface area contributed by atoms with E-state index >= 15 is 0 Å². The molecule has 100 valence electrons. The predicted octanol–water partition coefficient (Wildman–Crippen LogP) is 2.08. The third kappa shape index (κ3) is 2.31. The second kappa shape index (κ2) is 5.41. The molecular formula is C14H23N3O. The van der Waals surface area contributed by atoms with Crippen LogP contribution >= 0.6 is 0 Å². The summed E-state index contributed by atoms with van der Waals surface area (Å²) in [6.45, 7) is 6.29. The molecule has 0 bridgehead atoms. The first-order valence-corrected chi connectivity index (χ1v) is 7.19. The van der Waals surface area contributed by atoms with Crippen molar-refractivity contribution < 1.29 is 4.74 Å². The van der Waals surface area contributed by atoms with Crippen LogP contribution in [0.15, 0.2) is 0 Å². The fraction of sp³-hybridized carbons (Fsp3) is 0.786. The molecule has 2 N–H and O–H groups in total. The lowest BCUT2D eigenvalue weighted by Crippen LogP contribution is -2.27. The van der Waals surface area contributed by atoms with Gasteiger partial charge in [-0.15, -0.1) is 0 Å². The summed E-state index contributed by atoms with van der Waals surface area (Å²) in [6.07, 6.45) is 4.71. The molecule has 2 aliphatic rings. The molecule has 0 aromatic carbocycles. The number of aromatic amines is 1. The van der Waals surface area contributed by atoms with E-state index in [1.54, 1.807) is 0 Å². The number of piperidine rings is 1. The van der Waals surface area contributed by atoms with Gasteiger partial charge in [0.15, 0.2) is 0 Å². The van der Waals surface area contributed by atoms with Gasteiger partial charge in [-0.1, -0.05) is 0 Å². The van der Waals surface area contributed by atoms with Crippen molar-refractivity contribution >= 4 is 0 Å². The molecule has 18 heavy (non-hydrogen) atoms. The molecule has 0 amide bonds. The predicted molar refractivity (Wildman–Crippen MR) is 71.0 cm³/mol. The number of H-pyrrole nitrogens is 1. The summed E-state index contributed by atoms with van der Waals surface area (Å²) < 4.78 is 5.44. The zero-order valence-electron chi connectivity index (χ0n) is 11.2. The van der Waals surface area contributed by atoms with E-state index in [4.69, 9.17) is 4.74 Å². The van der Waals surface area contributed by atoms with Crippen molar-refractivity contribution in [1.29, 1.82) is 0 Å². The maximum atomic E-state index is 5.44. The number of nitrogens with zero attached hydrogens (tertiary/aromatic N) is 1. The summed E-state index contributed by atoms with van der Waals surface area (Å²) >= 11 is 0. The van der Waals surface area contributed by atoms with E-state index in [1.165, 1.54) is 29.8 Å². The molecule has 4 nitrogen and oxygen atoms in total. The summed E-state index contributed by atoms with van der Waals surface area (Å²) in [5.74, 6) is 1.28. The van der Waals surface area contributed by atoms with Gasteiger partial charge in [-0.3, -0.25) is 5.10 Å². The van der Waals surface area contributed by atoms with E-state index in [1.807, 2.05) is 0 Å². The van der Waals surface area contributed by atoms with Gasteiger partial charge in [0, 0.05) is 30.7 Å². The summed E-state index contributed by atoms with van der Waals surface area (Å²) in [4.78, 5) is 0. The average molecular weight is 249 g/mol. The summed E-state index contributed by atoms with van der Waals surface area (Å²) in [6, 6.07) is 0. The molecule has 0 atom stereocenters. The van der Waals surface area contributed by atoms with E-state index in [9.17, 15) is 0 Å². The van der Waals surface area contributed by atoms with Crippen molar-refractivity contribution in [3.05, 3.63) is 17.0 Å². The Bertz CT molecular complexity index is 354. The van der Waals surface area contributed by atoms with Crippen molar-refractivity contribution in [2.75, 3.05) is 26.3 Å². The van der Waals surface area contributed by atoms with Crippen LogP contribution in [0, 0.1) is 6.92 Å². The highest BCUT2D eigenvalue weighted by molar-refractivity contribution is 5.29. The van der Waals surface area contributed by atoms with Crippen molar-refractivity contribution in [3.8, 4) is 0 Å². The largest absolute Gasteiger partial charge is 0.381 e. The van der Waals surface area contributed by atoms with Gasteiger partial charge in [0.2, 0.25) is 0 Å². The fourth-order valence-electron chi connectivity index (χ4n) is 3.30. The van der Waals surface area contributed by atoms with Gasteiger partial charge in [0.25, 0.3) is 0 Å². The molecule has 1 aromatic heterocycles. The molecule has 0 unspecified atom stereocenters. The van der Waals surface area contributed by atoms with E-state index in [-0.39, 0.29) is 0 Å². The third-order valence-electron chi connectivity index (χ3n) is 4.44. The van der Waals surface area contributed by atoms with Gasteiger partial charge in [-0.25, -0.2) is 0 Å². The molecular weight excluding hydrogens is 226 g/mol. The van der Waals surface area contributed by atoms with Crippen LogP contribution in [-0.4, -0.2) is 36.5 Å². The first-order valence-electron chi connectivity index (χ1n) is 7.19. The Morgan fingerprint density at radius 2 is 1.78 bits per heavy atom. The van der Waals surface area contributed by atoms with Crippen LogP contribution in [0.5, 0.6) is 0 Å². The second-order valence-corrected chi connectivity index (χ2v) is 5.56. The summed E-state index contributed by atoms with van der Waals surface area (Å²) in [5.41, 5.74) is 4.10. The van der Waals surface area contributed by atoms with Crippen LogP contribution in [0.2, 0.25) is 0 Å². The number of ether oxygens (including phenoxy) is 1. The van der Waals surface area contributed by atoms with Crippen LogP contribution in [0.3, 0.4) is 0 Å². The van der Waals surface area contributed by atoms with Crippen LogP contribution in [0.1, 0.15) is 54.5 Å². The second-order valence-electron chi connectivity index (χ2n) is 5.56. The number of rotatable bonds is 2. The number of nitrogens with one attached hydrogen (secondary N) is 2. The monoisotopic (exact) mass is 249 g/mol. The van der Waals surface area contributed by atoms with E-state index in [0.29, 0.717) is 11.8 Å². The topological polar surface area (TPSA) is 49.9 Å². The molecule has 0 aliphatic carbocycles. The first kappa shape index (κ1) is 12.2. The molecule has 0 saturated carbocycles. The van der Waals surface area contributed by atoms with Crippen molar-refractivity contribution in [1.82, 2.24) is 15.5 Å². The SMILES string of the molecule is Cc1c(C2CCNCC2)n[nH]c1C1CCOCC1. The normalized spacial score (nSPS) is 23.4. The molecule has 0 spiro atoms. The standard InChI is InChI=1S/C14H23N3O/c1-10-13(11-2-6-15-7-3-11)16-17-14(10)12-4-8-18-9-5-12/h11-12,15H,2-9H2,1H3,(H,16,17). The van der Waals surface area contributed by atoms with Crippen LogP contribution < -0.4 is 5.32 Å². The zero-order valence-corrected chi connectivity index (χ0v) is 11.2. The highest BCUT2D eigenvalue weighted by atomic mass is 16.5. The van der Waals surface area contributed by atoms with Gasteiger partial charge < -0.3 is 10.1 Å². The van der Waals surface area contributed by atoms with Crippen molar-refractivity contribution in [2.45, 2.75) is 44.4 Å². The van der Waals surface area contributed by atoms with Gasteiger partial charge in [-0.05, 0) is 51.3 Å². The lowest BCUT2D eigenvalue weighted by atomic mass is 9.88. The fourth-order valence-corrected chi connectivity index (χ4v) is 3.30. The summed E-state index contributed by atoms with van der Waals surface area (Å²) in [5, 5.41) is 11.4. The average Bonchev–Trinajstić information content (AvgIpc) is 2.83. The molecule has 2 saturated heterocycles. The van der Waals surface area contributed by atoms with Crippen LogP contribution in [-0.2, 0) is 4.74 Å². The molecule has 3 rings (SSSR count). The quantitative estimate of drug-likeness (QED) is 0.843. The number of hydrogen-bond donors (Lipinski definition) is 2. The Morgan fingerprint density at radius 3 is 2.50 bits per heavy atom. The van der Waals surface area contributed by atoms with E-state index in [2.05, 4.69) is 22.4 Å². The van der Waals surface area contributed by atoms with Gasteiger partial charge in [0.1, 0.15) is 0 Å². The molecule has 3 heterocycles. The highest BCUT2D eigenvalue weighted by Crippen LogP contribution is 2.33. The maximum absolute atomic E-state index is 5.44. The molecule has 4 heteroatoms. The molecule has 1 aromatic rings. The third-order valence-corrected chi connectivity index (χ3v) is 4.44. The van der Waals surface area contributed by atoms with Gasteiger partial charge in [0.05, 0.1) is 5.69 Å². The van der Waals surface area contributed by atoms with Gasteiger partial charge >= 0.3 is 0 Å². The Balaban J connectivity index is 1.78. The molecule has 2 aliphatic heterocycles. The number of aromatic nitrogens is 2. The zero-order chi connectivity index (χ0) is 12.4. The van der Waals surface area contributed by atoms with Crippen LogP contribution in [0.25, 0.3) is 0 Å². The Labute approximate surface area is 108 Å². The number of hydrogen-bond acceptors (Lipinski definition) is 3. The smallest absolute Gasteiger partial charge is 0.0686 e. The summed E-state index contributed by atoms with van der Waals surface area (Å²) in [7, 11) is 0. The highest BCUT2D eigenvalue weighted by Gasteiger charge is 2.25. The van der Waals surface area contributed by atoms with E-state index in [0.717, 1.165) is 39.1 Å². The van der Waals surface area contributed by atoms with Crippen molar-refractivity contribution in [2.24, 2.45) is 0 Å². The van der Waals surface area contributed by atoms with Gasteiger partial charge in [-0.2, -0.15) is 5.10 Å². The minimum atomic E-state index is 0.627. The lowest BCUT2D eigenvalue weighted by molar-refractivity contribution is 0.0844. The Morgan fingerprint density at radius 1 is 1.06 bits per heavy atom.